The monoisotopic (exact) mass is 563 g/mol. The summed E-state index contributed by atoms with van der Waals surface area (Å²) in [5, 5.41) is 5.13. The highest BCUT2D eigenvalue weighted by molar-refractivity contribution is 7.99. The van der Waals surface area contributed by atoms with Gasteiger partial charge in [-0.25, -0.2) is 4.79 Å². The van der Waals surface area contributed by atoms with Crippen molar-refractivity contribution in [3.05, 3.63) is 59.7 Å². The summed E-state index contributed by atoms with van der Waals surface area (Å²) in [6.07, 6.45) is -2.30. The Morgan fingerprint density at radius 1 is 1.03 bits per heavy atom. The molecule has 6 nitrogen and oxygen atoms in total. The largest absolute Gasteiger partial charge is 0.444 e. The lowest BCUT2D eigenvalue weighted by Gasteiger charge is -2.39. The molecular weight excluding hydrogens is 527 g/mol. The summed E-state index contributed by atoms with van der Waals surface area (Å²) in [6.45, 7) is 6.41. The Bertz CT molecular complexity index is 1140. The van der Waals surface area contributed by atoms with E-state index in [-0.39, 0.29) is 6.04 Å². The summed E-state index contributed by atoms with van der Waals surface area (Å²) in [4.78, 5) is 29.8. The molecule has 0 saturated carbocycles. The van der Waals surface area contributed by atoms with E-state index in [0.29, 0.717) is 19.4 Å². The summed E-state index contributed by atoms with van der Waals surface area (Å²) in [6, 6.07) is 15.0. The minimum absolute atomic E-state index is 0.00783. The van der Waals surface area contributed by atoms with Gasteiger partial charge < -0.3 is 20.3 Å². The van der Waals surface area contributed by atoms with Crippen molar-refractivity contribution in [2.24, 2.45) is 0 Å². The first kappa shape index (κ1) is 29.3. The van der Waals surface area contributed by atoms with Crippen LogP contribution in [0, 0.1) is 0 Å². The van der Waals surface area contributed by atoms with Crippen LogP contribution in [0.3, 0.4) is 0 Å². The van der Waals surface area contributed by atoms with Crippen LogP contribution < -0.4 is 10.6 Å². The first-order valence-corrected chi connectivity index (χ1v) is 14.1. The van der Waals surface area contributed by atoms with Crippen LogP contribution in [0.15, 0.2) is 58.3 Å². The highest BCUT2D eigenvalue weighted by Gasteiger charge is 2.47. The van der Waals surface area contributed by atoms with E-state index >= 15 is 0 Å². The number of nitrogens with one attached hydrogen (secondary N) is 2. The quantitative estimate of drug-likeness (QED) is 0.393. The van der Waals surface area contributed by atoms with E-state index in [9.17, 15) is 22.8 Å². The van der Waals surface area contributed by atoms with Crippen LogP contribution in [0.2, 0.25) is 0 Å². The highest BCUT2D eigenvalue weighted by Crippen LogP contribution is 2.51. The molecule has 0 spiro atoms. The Morgan fingerprint density at radius 3 is 2.23 bits per heavy atom. The third kappa shape index (κ3) is 7.28. The molecule has 0 aliphatic carbocycles. The maximum atomic E-state index is 13.7. The zero-order valence-corrected chi connectivity index (χ0v) is 23.4. The lowest BCUT2D eigenvalue weighted by molar-refractivity contribution is -0.141. The van der Waals surface area contributed by atoms with Gasteiger partial charge in [-0.2, -0.15) is 13.2 Å². The molecule has 39 heavy (non-hydrogen) atoms. The summed E-state index contributed by atoms with van der Waals surface area (Å²) in [7, 11) is 0. The van der Waals surface area contributed by atoms with Crippen molar-refractivity contribution in [1.29, 1.82) is 0 Å². The maximum absolute atomic E-state index is 13.7. The zero-order chi connectivity index (χ0) is 28.3. The number of unbranched alkanes of at least 4 members (excludes halogenated alkanes) is 1. The smallest absolute Gasteiger partial charge is 0.407 e. The first-order chi connectivity index (χ1) is 18.4. The van der Waals surface area contributed by atoms with Crippen molar-refractivity contribution in [1.82, 2.24) is 15.5 Å². The molecule has 2 heterocycles. The molecule has 1 atom stereocenters. The number of alkyl halides is 3. The Kier molecular flexibility index (Phi) is 8.85. The van der Waals surface area contributed by atoms with Crippen molar-refractivity contribution >= 4 is 23.8 Å². The molecule has 1 fully saturated rings. The third-order valence-electron chi connectivity index (χ3n) is 7.02. The standard InChI is InChI=1S/C29H36F3N3O3S/c1-27(2,3)38-26(37)34-20-14-17-35(18-20)16-9-8-15-28(25(36)33-19-29(30,31)32)21-10-4-6-12-23(21)39-24-13-7-5-11-22(24)28/h4-7,10-13,20H,8-9,14-19H2,1-3H3,(H,33,36)(H,34,37). The molecule has 2 aromatic rings. The van der Waals surface area contributed by atoms with Crippen LogP contribution in [-0.2, 0) is 14.9 Å². The van der Waals surface area contributed by atoms with Gasteiger partial charge in [-0.1, -0.05) is 54.6 Å². The van der Waals surface area contributed by atoms with Gasteiger partial charge in [0, 0.05) is 28.9 Å². The molecule has 2 aliphatic heterocycles. The van der Waals surface area contributed by atoms with Crippen LogP contribution in [-0.4, -0.2) is 60.9 Å². The first-order valence-electron chi connectivity index (χ1n) is 13.3. The lowest BCUT2D eigenvalue weighted by atomic mass is 9.69. The molecule has 0 radical (unpaired) electrons. The topological polar surface area (TPSA) is 70.7 Å². The second-order valence-corrected chi connectivity index (χ2v) is 12.3. The summed E-state index contributed by atoms with van der Waals surface area (Å²) < 4.78 is 44.7. The van der Waals surface area contributed by atoms with Crippen molar-refractivity contribution < 1.29 is 27.5 Å². The van der Waals surface area contributed by atoms with E-state index in [1.165, 1.54) is 11.8 Å². The highest BCUT2D eigenvalue weighted by atomic mass is 32.2. The lowest BCUT2D eigenvalue weighted by Crippen LogP contribution is -2.49. The number of fused-ring (bicyclic) bond motifs is 2. The number of amides is 2. The van der Waals surface area contributed by atoms with Gasteiger partial charge in [-0.15, -0.1) is 0 Å². The van der Waals surface area contributed by atoms with E-state index in [0.717, 1.165) is 46.8 Å². The van der Waals surface area contributed by atoms with Gasteiger partial charge in [0.15, 0.2) is 0 Å². The third-order valence-corrected chi connectivity index (χ3v) is 8.17. The summed E-state index contributed by atoms with van der Waals surface area (Å²) in [5.74, 6) is -0.622. The number of ether oxygens (including phenoxy) is 1. The molecule has 2 N–H and O–H groups in total. The number of halogens is 3. The molecular formula is C29H36F3N3O3S. The maximum Gasteiger partial charge on any atom is 0.407 e. The van der Waals surface area contributed by atoms with Gasteiger partial charge in [-0.05, 0) is 69.8 Å². The Balaban J connectivity index is 1.46. The fraction of sp³-hybridized carbons (Fsp3) is 0.517. The van der Waals surface area contributed by atoms with Crippen molar-refractivity contribution in [2.45, 2.75) is 79.5 Å². The summed E-state index contributed by atoms with van der Waals surface area (Å²) in [5.41, 5.74) is -0.276. The van der Waals surface area contributed by atoms with E-state index in [1.807, 2.05) is 69.3 Å². The fourth-order valence-corrected chi connectivity index (χ4v) is 6.63. The minimum atomic E-state index is -4.50. The number of hydrogen-bond acceptors (Lipinski definition) is 5. The molecule has 2 amide bonds. The number of nitrogens with zero attached hydrogens (tertiary/aromatic N) is 1. The van der Waals surface area contributed by atoms with E-state index < -0.39 is 35.7 Å². The number of carbonyl (C=O) groups excluding carboxylic acids is 2. The number of hydrogen-bond donors (Lipinski definition) is 2. The second kappa shape index (κ2) is 11.8. The van der Waals surface area contributed by atoms with Gasteiger partial charge in [0.1, 0.15) is 17.6 Å². The van der Waals surface area contributed by atoms with Crippen LogP contribution in [0.25, 0.3) is 0 Å². The molecule has 2 aromatic carbocycles. The average molecular weight is 564 g/mol. The number of benzene rings is 2. The molecule has 0 aromatic heterocycles. The predicted molar refractivity (Wildman–Crippen MR) is 145 cm³/mol. The van der Waals surface area contributed by atoms with Crippen molar-refractivity contribution in [2.75, 3.05) is 26.2 Å². The normalized spacial score (nSPS) is 18.7. The SMILES string of the molecule is CC(C)(C)OC(=O)NC1CCN(CCCCC2(C(=O)NCC(F)(F)F)c3ccccc3Sc3ccccc32)C1. The van der Waals surface area contributed by atoms with Gasteiger partial charge in [-0.3, -0.25) is 4.79 Å². The molecule has 1 saturated heterocycles. The second-order valence-electron chi connectivity index (χ2n) is 11.2. The number of likely N-dealkylation sites (tertiary alicyclic amines) is 1. The molecule has 10 heteroatoms. The van der Waals surface area contributed by atoms with Gasteiger partial charge in [0.05, 0.1) is 0 Å². The molecule has 0 bridgehead atoms. The molecule has 1 unspecified atom stereocenters. The number of carbonyl (C=O) groups is 2. The van der Waals surface area contributed by atoms with Crippen LogP contribution in [0.1, 0.15) is 57.6 Å². The number of alkyl carbamates (subject to hydrolysis) is 1. The Labute approximate surface area is 232 Å². The predicted octanol–water partition coefficient (Wildman–Crippen LogP) is 5.89. The Morgan fingerprint density at radius 2 is 1.64 bits per heavy atom. The van der Waals surface area contributed by atoms with Crippen molar-refractivity contribution in [3.63, 3.8) is 0 Å². The number of rotatable bonds is 8. The van der Waals surface area contributed by atoms with Gasteiger partial charge in [0.25, 0.3) is 0 Å². The zero-order valence-electron chi connectivity index (χ0n) is 22.6. The van der Waals surface area contributed by atoms with Gasteiger partial charge >= 0.3 is 12.3 Å². The van der Waals surface area contributed by atoms with Crippen LogP contribution in [0.5, 0.6) is 0 Å². The van der Waals surface area contributed by atoms with Crippen molar-refractivity contribution in [3.8, 4) is 0 Å². The van der Waals surface area contributed by atoms with Crippen LogP contribution in [0.4, 0.5) is 18.0 Å². The average Bonchev–Trinajstić information content (AvgIpc) is 3.29. The summed E-state index contributed by atoms with van der Waals surface area (Å²) >= 11 is 1.54. The van der Waals surface area contributed by atoms with E-state index in [2.05, 4.69) is 15.5 Å². The molecule has 2 aliphatic rings. The van der Waals surface area contributed by atoms with Crippen LogP contribution >= 0.6 is 11.8 Å². The van der Waals surface area contributed by atoms with E-state index in [4.69, 9.17) is 4.74 Å². The molecule has 212 valence electrons. The minimum Gasteiger partial charge on any atom is -0.444 e. The van der Waals surface area contributed by atoms with Gasteiger partial charge in [0.2, 0.25) is 5.91 Å². The molecule has 4 rings (SSSR count). The Hall–Kier alpha value is -2.72. The van der Waals surface area contributed by atoms with E-state index in [1.54, 1.807) is 0 Å². The fourth-order valence-electron chi connectivity index (χ4n) is 5.39.